The van der Waals surface area contributed by atoms with Crippen molar-refractivity contribution in [2.24, 2.45) is 0 Å². The van der Waals surface area contributed by atoms with Gasteiger partial charge in [0.25, 0.3) is 0 Å². The average Bonchev–Trinajstić information content (AvgIpc) is 1.19. The van der Waals surface area contributed by atoms with E-state index in [9.17, 15) is 58.5 Å². The number of ether oxygens (including phenoxy) is 1. The molecule has 7 saturated heterocycles. The van der Waals surface area contributed by atoms with Gasteiger partial charge in [-0.15, -0.1) is 6.42 Å². The van der Waals surface area contributed by atoms with Crippen LogP contribution >= 0.6 is 0 Å². The molecule has 3 aromatic heterocycles. The third-order valence-electron chi connectivity index (χ3n) is 27.0. The molecular formula is C106H113N23O13. The highest BCUT2D eigenvalue weighted by molar-refractivity contribution is 5.95. The van der Waals surface area contributed by atoms with Crippen LogP contribution in [0.1, 0.15) is 55.6 Å². The second-order valence-corrected chi connectivity index (χ2v) is 36.5. The van der Waals surface area contributed by atoms with Crippen LogP contribution in [0, 0.1) is 12.3 Å². The minimum absolute atomic E-state index is 0.0441. The first kappa shape index (κ1) is 96.1. The number of fused-ring (bicyclic) bond motifs is 6. The maximum atomic E-state index is 14.5. The Labute approximate surface area is 820 Å². The number of nitrogens with zero attached hydrogens (tertiary/aromatic N) is 19. The molecule has 7 aliphatic heterocycles. The summed E-state index contributed by atoms with van der Waals surface area (Å²) in [5.74, 6) is 1.64. The zero-order valence-corrected chi connectivity index (χ0v) is 79.1. The number of nitrogen functional groups attached to an aromatic ring is 1. The van der Waals surface area contributed by atoms with Gasteiger partial charge >= 0.3 is 18.1 Å². The fourth-order valence-electron chi connectivity index (χ4n) is 20.0. The molecule has 0 bridgehead atoms. The second kappa shape index (κ2) is 43.0. The summed E-state index contributed by atoms with van der Waals surface area (Å²) in [7, 11) is 5.13. The lowest BCUT2D eigenvalue weighted by atomic mass is 9.98. The molecule has 36 nitrogen and oxygen atoms in total. The van der Waals surface area contributed by atoms with Gasteiger partial charge in [0, 0.05) is 127 Å². The summed E-state index contributed by atoms with van der Waals surface area (Å²) in [6, 6.07) is 70.4. The number of aromatic nitrogens is 6. The van der Waals surface area contributed by atoms with Crippen LogP contribution in [-0.4, -0.2) is 292 Å². The Morgan fingerprint density at radius 2 is 0.789 bits per heavy atom. The molecule has 12 amide bonds. The average molecular weight is 1920 g/mol. The van der Waals surface area contributed by atoms with E-state index in [1.54, 1.807) is 159 Å². The summed E-state index contributed by atoms with van der Waals surface area (Å²) in [5.41, 5.74) is 18.1. The zero-order valence-electron chi connectivity index (χ0n) is 79.1. The molecule has 142 heavy (non-hydrogen) atoms. The van der Waals surface area contributed by atoms with Gasteiger partial charge in [-0.05, 0) is 110 Å². The van der Waals surface area contributed by atoms with Crippen LogP contribution in [0.4, 0.5) is 20.1 Å². The minimum atomic E-state index is -0.868. The number of para-hydroxylation sites is 2. The zero-order chi connectivity index (χ0) is 98.8. The number of urea groups is 3. The predicted molar refractivity (Wildman–Crippen MR) is 530 cm³/mol. The van der Waals surface area contributed by atoms with Crippen molar-refractivity contribution in [3.05, 3.63) is 317 Å². The van der Waals surface area contributed by atoms with Crippen molar-refractivity contribution in [3.8, 4) is 29.6 Å². The number of anilines is 1. The van der Waals surface area contributed by atoms with E-state index < -0.39 is 36.6 Å². The lowest BCUT2D eigenvalue weighted by Gasteiger charge is -2.54. The number of benzene rings is 10. The van der Waals surface area contributed by atoms with E-state index in [4.69, 9.17) is 22.0 Å². The van der Waals surface area contributed by atoms with E-state index in [2.05, 4.69) is 37.0 Å². The molecule has 0 saturated carbocycles. The Kier molecular flexibility index (Phi) is 29.1. The molecule has 6 atom stereocenters. The normalized spacial score (nSPS) is 19.2. The van der Waals surface area contributed by atoms with Gasteiger partial charge < -0.3 is 71.1 Å². The van der Waals surface area contributed by atoms with Crippen molar-refractivity contribution in [2.45, 2.75) is 115 Å². The summed E-state index contributed by atoms with van der Waals surface area (Å²) in [4.78, 5) is 138. The van der Waals surface area contributed by atoms with E-state index in [0.717, 1.165) is 128 Å². The maximum Gasteiger partial charge on any atom is 0.334 e. The number of morpholine rings is 1. The Hall–Kier alpha value is -16.2. The first-order chi connectivity index (χ1) is 68.9. The number of rotatable bonds is 24. The summed E-state index contributed by atoms with van der Waals surface area (Å²) in [6.07, 6.45) is 9.67. The number of terminal acetylenes is 1. The Balaban J connectivity index is 0.000000141. The maximum absolute atomic E-state index is 14.5. The van der Waals surface area contributed by atoms with Crippen molar-refractivity contribution in [3.63, 3.8) is 0 Å². The topological polar surface area (TPSA) is 381 Å². The number of carbonyl (C=O) groups excluding carboxylic acids is 9. The number of hydrazine groups is 3. The molecule has 20 rings (SSSR count). The molecule has 0 unspecified atom stereocenters. The summed E-state index contributed by atoms with van der Waals surface area (Å²) >= 11 is 0. The fraction of sp³-hybridized carbons (Fsp3) is 0.302. The minimum Gasteiger partial charge on any atom is -0.508 e. The van der Waals surface area contributed by atoms with E-state index in [-0.39, 0.29) is 149 Å². The monoisotopic (exact) mass is 1920 g/mol. The first-order valence-electron chi connectivity index (χ1n) is 47.4. The molecule has 7 fully saturated rings. The van der Waals surface area contributed by atoms with Crippen molar-refractivity contribution in [1.82, 2.24) is 110 Å². The van der Waals surface area contributed by atoms with Gasteiger partial charge in [-0.1, -0.05) is 194 Å². The summed E-state index contributed by atoms with van der Waals surface area (Å²) in [6.45, 7) is 7.64. The number of phenols is 3. The predicted octanol–water partition coefficient (Wildman–Crippen LogP) is 8.36. The van der Waals surface area contributed by atoms with Crippen molar-refractivity contribution in [2.75, 3.05) is 99.0 Å². The van der Waals surface area contributed by atoms with E-state index in [1.165, 1.54) is 5.01 Å². The summed E-state index contributed by atoms with van der Waals surface area (Å²) < 4.78 is 11.1. The highest BCUT2D eigenvalue weighted by Crippen LogP contribution is 2.37. The molecule has 8 N–H and O–H groups in total. The second-order valence-electron chi connectivity index (χ2n) is 36.5. The highest BCUT2D eigenvalue weighted by Gasteiger charge is 2.55. The molecule has 36 heteroatoms. The number of phenolic OH excluding ortho intramolecular Hbond substituents is 3. The number of amides is 12. The number of hydrogen-bond donors (Lipinski definition) is 7. The van der Waals surface area contributed by atoms with Gasteiger partial charge in [-0.25, -0.2) is 44.4 Å². The number of aromatic hydroxyl groups is 3. The van der Waals surface area contributed by atoms with Crippen LogP contribution in [0.3, 0.4) is 0 Å². The third kappa shape index (κ3) is 21.5. The fourth-order valence-corrected chi connectivity index (χ4v) is 20.0. The van der Waals surface area contributed by atoms with Gasteiger partial charge in [0.05, 0.1) is 94.5 Å². The first-order valence-corrected chi connectivity index (χ1v) is 47.4. The molecule has 7 aliphatic rings. The molecule has 730 valence electrons. The lowest BCUT2D eigenvalue weighted by Crippen LogP contribution is -2.76. The van der Waals surface area contributed by atoms with Gasteiger partial charge in [-0.2, -0.15) is 15.3 Å². The van der Waals surface area contributed by atoms with Gasteiger partial charge in [0.1, 0.15) is 60.4 Å². The summed E-state index contributed by atoms with van der Waals surface area (Å²) in [5, 5.41) is 64.9. The number of hydrogen-bond acceptors (Lipinski definition) is 21. The molecule has 0 radical (unpaired) electrons. The standard InChI is InChI=1S/C37H38N8O4.C36H42N8O5.C33H33N7O4/c1-41-24-34(47)44-32(18-25-12-16-31(46)17-13-25)36(48)42(23-33(44)45(41)37(49)39-19-26-6-3-2-4-7-26)22-29-9-5-8-28-20-40-43(35(28)29)21-27-10-14-30(38)15-11-27;1-39-25-34(46)43-32(20-26-10-12-29(45)13-11-26)35(47)41(24-33(43)44(39)36(48)37-21-27-6-3-2-4-7-27)22-28-8-5-9-31-30(28)23-42(38-31)15-14-40-16-18-49-19-17-40;1-3-16-38-31-25(19-35-38)10-7-11-26(31)20-37-21-29-39(28(32(37)43)17-23-12-14-27(41)15-13-23)30(42)22-36(2)40(29)33(44)34-18-24-8-5-4-6-9-24/h2-17,20,32-33,46H,18-19,21-24,38H2,1H3,(H,39,49);2-13,23,32-33,45H,14-22,24-25H2,1H3,(H,37,48);1,4-15,19,28-29,41H,16-18,20-22H2,2H3,(H,34,44)/t2*32-,33-;28-,29-/m000/s1. The van der Waals surface area contributed by atoms with Crippen molar-refractivity contribution in [1.29, 1.82) is 0 Å². The van der Waals surface area contributed by atoms with Crippen LogP contribution in [0.5, 0.6) is 17.2 Å². The SMILES string of the molecule is C#CCn1ncc2cccc(CN3C[C@H]4N(C(=O)CN(C)N4C(=O)NCc4ccccc4)[C@@H](Cc4ccc(O)cc4)C3=O)c21.CN1CC(=O)N2[C@@H](Cc3ccc(O)cc3)C(=O)N(Cc3cccc4cnn(Cc5ccc(N)cc5)c34)C[C@@H]2N1C(=O)NCc1ccccc1.CN1CC(=O)N2[C@@H](Cc3ccc(O)cc3)C(=O)N(Cc3cccc4nn(CCN5CCOCC5)cc34)C[C@@H]2N1C(=O)NCc1ccccc1. The highest BCUT2D eigenvalue weighted by atomic mass is 16.5. The molecular weight excluding hydrogens is 1800 g/mol. The lowest BCUT2D eigenvalue weighted by molar-refractivity contribution is -0.187. The van der Waals surface area contributed by atoms with E-state index in [0.29, 0.717) is 38.4 Å². The Morgan fingerprint density at radius 3 is 1.19 bits per heavy atom. The third-order valence-corrected chi connectivity index (χ3v) is 27.0. The van der Waals surface area contributed by atoms with Gasteiger partial charge in [-0.3, -0.25) is 47.7 Å². The van der Waals surface area contributed by atoms with Crippen LogP contribution in [-0.2, 0) is 112 Å². The van der Waals surface area contributed by atoms with E-state index >= 15 is 0 Å². The molecule has 10 aromatic carbocycles. The van der Waals surface area contributed by atoms with Crippen LogP contribution in [0.15, 0.2) is 261 Å². The van der Waals surface area contributed by atoms with Crippen molar-refractivity contribution >= 4 is 91.9 Å². The van der Waals surface area contributed by atoms with Crippen LogP contribution in [0.2, 0.25) is 0 Å². The molecule has 13 aromatic rings. The molecule has 10 heterocycles. The number of carbonyl (C=O) groups is 9. The van der Waals surface area contributed by atoms with Crippen molar-refractivity contribution < 1.29 is 63.2 Å². The van der Waals surface area contributed by atoms with Gasteiger partial charge in [0.15, 0.2) is 0 Å². The van der Waals surface area contributed by atoms with E-state index in [1.807, 2.05) is 192 Å². The smallest absolute Gasteiger partial charge is 0.334 e. The largest absolute Gasteiger partial charge is 0.508 e. The molecule has 0 spiro atoms. The number of nitrogens with one attached hydrogen (secondary N) is 3. The number of piperazine rings is 3. The quantitative estimate of drug-likeness (QED) is 0.0220. The number of likely N-dealkylation sites (N-methyl/N-ethyl adjacent to an activating group) is 3. The Morgan fingerprint density at radius 1 is 0.423 bits per heavy atom. The number of nitrogens with two attached hydrogens (primary N) is 1. The molecule has 0 aliphatic carbocycles. The van der Waals surface area contributed by atoms with Crippen LogP contribution < -0.4 is 21.7 Å². The van der Waals surface area contributed by atoms with Crippen LogP contribution in [0.25, 0.3) is 32.7 Å². The van der Waals surface area contributed by atoms with Gasteiger partial charge in [0.2, 0.25) is 35.4 Å². The Bertz CT molecular complexity index is 6780.